The average Bonchev–Trinajstić information content (AvgIpc) is 2.87. The fourth-order valence-corrected chi connectivity index (χ4v) is 2.74. The van der Waals surface area contributed by atoms with Gasteiger partial charge in [-0.25, -0.2) is 9.78 Å². The second kappa shape index (κ2) is 7.10. The Morgan fingerprint density at radius 1 is 1.24 bits per heavy atom. The summed E-state index contributed by atoms with van der Waals surface area (Å²) in [6.07, 6.45) is 8.49. The Morgan fingerprint density at radius 2 is 1.95 bits per heavy atom. The molecule has 7 heteroatoms. The Labute approximate surface area is 123 Å². The molecular formula is C14H22N4O3. The van der Waals surface area contributed by atoms with Crippen molar-refractivity contribution in [2.75, 3.05) is 6.54 Å². The highest BCUT2D eigenvalue weighted by Gasteiger charge is 2.38. The first-order chi connectivity index (χ1) is 10.1. The van der Waals surface area contributed by atoms with Gasteiger partial charge in [-0.05, 0) is 12.8 Å². The third-order valence-corrected chi connectivity index (χ3v) is 4.07. The van der Waals surface area contributed by atoms with Crippen LogP contribution in [-0.4, -0.2) is 33.6 Å². The number of carboxylic acid groups (broad SMARTS) is 1. The summed E-state index contributed by atoms with van der Waals surface area (Å²) in [4.78, 5) is 30.3. The summed E-state index contributed by atoms with van der Waals surface area (Å²) in [6, 6.07) is -0.365. The Balaban J connectivity index is 1.83. The molecule has 4 N–H and O–H groups in total. The van der Waals surface area contributed by atoms with E-state index in [1.807, 2.05) is 0 Å². The summed E-state index contributed by atoms with van der Waals surface area (Å²) in [5.74, 6) is -0.150. The van der Waals surface area contributed by atoms with E-state index >= 15 is 0 Å². The number of carbonyl (C=O) groups is 2. The summed E-state index contributed by atoms with van der Waals surface area (Å²) in [5.41, 5.74) is -0.821. The number of carbonyl (C=O) groups excluding carboxylic acids is 1. The molecule has 0 atom stereocenters. The van der Waals surface area contributed by atoms with Gasteiger partial charge in [-0.15, -0.1) is 0 Å². The normalized spacial score (nSPS) is 17.7. The van der Waals surface area contributed by atoms with Gasteiger partial charge in [0.2, 0.25) is 0 Å². The number of hydrogen-bond donors (Lipinski definition) is 4. The topological polar surface area (TPSA) is 107 Å². The van der Waals surface area contributed by atoms with Gasteiger partial charge < -0.3 is 20.7 Å². The predicted octanol–water partition coefficient (Wildman–Crippen LogP) is 1.63. The molecule has 1 heterocycles. The van der Waals surface area contributed by atoms with E-state index < -0.39 is 11.4 Å². The van der Waals surface area contributed by atoms with Crippen molar-refractivity contribution in [2.45, 2.75) is 45.1 Å². The highest BCUT2D eigenvalue weighted by molar-refractivity contribution is 5.78. The minimum atomic E-state index is -0.821. The van der Waals surface area contributed by atoms with Crippen LogP contribution in [-0.2, 0) is 11.3 Å². The van der Waals surface area contributed by atoms with E-state index in [1.54, 1.807) is 12.4 Å². The molecule has 7 nitrogen and oxygen atoms in total. The van der Waals surface area contributed by atoms with Crippen LogP contribution in [0.1, 0.15) is 44.3 Å². The molecule has 1 saturated carbocycles. The zero-order chi connectivity index (χ0) is 15.1. The van der Waals surface area contributed by atoms with Crippen molar-refractivity contribution >= 4 is 12.0 Å². The molecule has 0 bridgehead atoms. The molecule has 0 saturated heterocycles. The summed E-state index contributed by atoms with van der Waals surface area (Å²) in [7, 11) is 0. The minimum Gasteiger partial charge on any atom is -0.481 e. The van der Waals surface area contributed by atoms with Gasteiger partial charge in [0.25, 0.3) is 0 Å². The first kappa shape index (κ1) is 15.3. The van der Waals surface area contributed by atoms with Gasteiger partial charge >= 0.3 is 12.0 Å². The number of H-pyrrole nitrogens is 1. The Bertz CT molecular complexity index is 465. The van der Waals surface area contributed by atoms with Crippen LogP contribution in [0.25, 0.3) is 0 Å². The summed E-state index contributed by atoms with van der Waals surface area (Å²) < 4.78 is 0. The smallest absolute Gasteiger partial charge is 0.315 e. The lowest BCUT2D eigenvalue weighted by Gasteiger charge is -2.28. The van der Waals surface area contributed by atoms with Gasteiger partial charge in [0.15, 0.2) is 0 Å². The SMILES string of the molecule is O=C(NCc1ncc[nH]1)NCC1(C(=O)O)CCCCCC1. The molecule has 1 aromatic rings. The van der Waals surface area contributed by atoms with Crippen LogP contribution in [0.5, 0.6) is 0 Å². The number of rotatable bonds is 5. The van der Waals surface area contributed by atoms with E-state index in [4.69, 9.17) is 0 Å². The van der Waals surface area contributed by atoms with Gasteiger partial charge in [-0.1, -0.05) is 25.7 Å². The first-order valence-electron chi connectivity index (χ1n) is 7.36. The molecule has 0 radical (unpaired) electrons. The van der Waals surface area contributed by atoms with Gasteiger partial charge in [-0.3, -0.25) is 4.79 Å². The largest absolute Gasteiger partial charge is 0.481 e. The second-order valence-corrected chi connectivity index (χ2v) is 5.57. The summed E-state index contributed by atoms with van der Waals surface area (Å²) in [6.45, 7) is 0.464. The zero-order valence-electron chi connectivity index (χ0n) is 12.0. The third-order valence-electron chi connectivity index (χ3n) is 4.07. The molecule has 21 heavy (non-hydrogen) atoms. The fraction of sp³-hybridized carbons (Fsp3) is 0.643. The van der Waals surface area contributed by atoms with Crippen LogP contribution >= 0.6 is 0 Å². The van der Waals surface area contributed by atoms with E-state index in [0.717, 1.165) is 25.7 Å². The molecule has 2 rings (SSSR count). The van der Waals surface area contributed by atoms with Crippen molar-refractivity contribution in [1.29, 1.82) is 0 Å². The van der Waals surface area contributed by atoms with Crippen LogP contribution in [0, 0.1) is 5.41 Å². The number of aromatic amines is 1. The van der Waals surface area contributed by atoms with E-state index in [2.05, 4.69) is 20.6 Å². The van der Waals surface area contributed by atoms with E-state index in [1.165, 1.54) is 0 Å². The van der Waals surface area contributed by atoms with Gasteiger partial charge in [0.1, 0.15) is 5.82 Å². The highest BCUT2D eigenvalue weighted by atomic mass is 16.4. The highest BCUT2D eigenvalue weighted by Crippen LogP contribution is 2.34. The molecule has 0 spiro atoms. The summed E-state index contributed by atoms with van der Waals surface area (Å²) >= 11 is 0. The van der Waals surface area contributed by atoms with Crippen molar-refractivity contribution in [3.63, 3.8) is 0 Å². The molecule has 116 valence electrons. The van der Waals surface area contributed by atoms with Crippen molar-refractivity contribution in [1.82, 2.24) is 20.6 Å². The molecule has 2 amide bonds. The number of hydrogen-bond acceptors (Lipinski definition) is 3. The van der Waals surface area contributed by atoms with Gasteiger partial charge in [0, 0.05) is 18.9 Å². The monoisotopic (exact) mass is 294 g/mol. The first-order valence-corrected chi connectivity index (χ1v) is 7.36. The number of imidazole rings is 1. The maximum Gasteiger partial charge on any atom is 0.315 e. The molecule has 1 aliphatic carbocycles. The van der Waals surface area contributed by atoms with Crippen LogP contribution < -0.4 is 10.6 Å². The molecule has 1 fully saturated rings. The average molecular weight is 294 g/mol. The maximum absolute atomic E-state index is 11.8. The standard InChI is InChI=1S/C14H22N4O3/c19-12(20)14(5-3-1-2-4-6-14)10-18-13(21)17-9-11-15-7-8-16-11/h7-8H,1-6,9-10H2,(H,15,16)(H,19,20)(H2,17,18,21). The van der Waals surface area contributed by atoms with Crippen LogP contribution in [0.2, 0.25) is 0 Å². The molecule has 0 aliphatic heterocycles. The number of nitrogens with one attached hydrogen (secondary N) is 3. The lowest BCUT2D eigenvalue weighted by molar-refractivity contribution is -0.149. The Kier molecular flexibility index (Phi) is 5.19. The van der Waals surface area contributed by atoms with Crippen molar-refractivity contribution in [2.24, 2.45) is 5.41 Å². The van der Waals surface area contributed by atoms with Gasteiger partial charge in [-0.2, -0.15) is 0 Å². The van der Waals surface area contributed by atoms with Crippen LogP contribution in [0.4, 0.5) is 4.79 Å². The van der Waals surface area contributed by atoms with Crippen molar-refractivity contribution in [3.05, 3.63) is 18.2 Å². The number of aromatic nitrogens is 2. The lowest BCUT2D eigenvalue weighted by atomic mass is 9.80. The Hall–Kier alpha value is -2.05. The molecular weight excluding hydrogens is 272 g/mol. The van der Waals surface area contributed by atoms with Gasteiger partial charge in [0.05, 0.1) is 12.0 Å². The number of urea groups is 1. The van der Waals surface area contributed by atoms with E-state index in [-0.39, 0.29) is 12.6 Å². The molecule has 0 aromatic carbocycles. The number of amides is 2. The fourth-order valence-electron chi connectivity index (χ4n) is 2.74. The molecule has 0 unspecified atom stereocenters. The quantitative estimate of drug-likeness (QED) is 0.619. The zero-order valence-corrected chi connectivity index (χ0v) is 12.0. The molecule has 1 aromatic heterocycles. The number of nitrogens with zero attached hydrogens (tertiary/aromatic N) is 1. The third kappa shape index (κ3) is 4.21. The maximum atomic E-state index is 11.8. The van der Waals surface area contributed by atoms with E-state index in [0.29, 0.717) is 25.2 Å². The predicted molar refractivity (Wildman–Crippen MR) is 76.6 cm³/mol. The lowest BCUT2D eigenvalue weighted by Crippen LogP contribution is -2.46. The minimum absolute atomic E-state index is 0.173. The number of aliphatic carboxylic acids is 1. The molecule has 1 aliphatic rings. The van der Waals surface area contributed by atoms with Crippen LogP contribution in [0.15, 0.2) is 12.4 Å². The van der Waals surface area contributed by atoms with Crippen molar-refractivity contribution in [3.8, 4) is 0 Å². The van der Waals surface area contributed by atoms with Crippen LogP contribution in [0.3, 0.4) is 0 Å². The van der Waals surface area contributed by atoms with E-state index in [9.17, 15) is 14.7 Å². The van der Waals surface area contributed by atoms with Crippen molar-refractivity contribution < 1.29 is 14.7 Å². The summed E-state index contributed by atoms with van der Waals surface area (Å²) in [5, 5.41) is 14.9. The Morgan fingerprint density at radius 3 is 2.52 bits per heavy atom. The number of carboxylic acids is 1. The second-order valence-electron chi connectivity index (χ2n) is 5.57.